The van der Waals surface area contributed by atoms with Crippen molar-refractivity contribution in [2.24, 2.45) is 0 Å². The molecule has 134 valence electrons. The third-order valence-corrected chi connectivity index (χ3v) is 5.28. The van der Waals surface area contributed by atoms with E-state index in [4.69, 9.17) is 9.47 Å². The Balaban J connectivity index is 1.34. The van der Waals surface area contributed by atoms with Gasteiger partial charge in [-0.05, 0) is 32.6 Å². The Hall–Kier alpha value is -1.95. The SMILES string of the molecule is Cc1cncc(O[C@@H]2CCOC3(C2)CN(C(=O)C2=CCCCC2)C3)n1. The van der Waals surface area contributed by atoms with Crippen LogP contribution in [-0.4, -0.2) is 52.2 Å². The van der Waals surface area contributed by atoms with Crippen molar-refractivity contribution in [3.63, 3.8) is 0 Å². The average molecular weight is 343 g/mol. The van der Waals surface area contributed by atoms with Gasteiger partial charge in [0.25, 0.3) is 0 Å². The van der Waals surface area contributed by atoms with E-state index in [2.05, 4.69) is 16.0 Å². The van der Waals surface area contributed by atoms with Gasteiger partial charge in [0.05, 0.1) is 31.6 Å². The summed E-state index contributed by atoms with van der Waals surface area (Å²) >= 11 is 0. The molecule has 0 radical (unpaired) electrons. The number of hydrogen-bond acceptors (Lipinski definition) is 5. The molecule has 1 aliphatic carbocycles. The van der Waals surface area contributed by atoms with Gasteiger partial charge in [-0.25, -0.2) is 4.98 Å². The summed E-state index contributed by atoms with van der Waals surface area (Å²) in [4.78, 5) is 23.0. The first-order valence-electron chi connectivity index (χ1n) is 9.21. The Morgan fingerprint density at radius 1 is 1.36 bits per heavy atom. The molecule has 1 aromatic rings. The number of hydrogen-bond donors (Lipinski definition) is 0. The molecule has 2 aliphatic heterocycles. The largest absolute Gasteiger partial charge is 0.473 e. The van der Waals surface area contributed by atoms with Crippen LogP contribution in [0.5, 0.6) is 5.88 Å². The van der Waals surface area contributed by atoms with Crippen molar-refractivity contribution < 1.29 is 14.3 Å². The van der Waals surface area contributed by atoms with Gasteiger partial charge >= 0.3 is 0 Å². The number of aromatic nitrogens is 2. The maximum atomic E-state index is 12.6. The summed E-state index contributed by atoms with van der Waals surface area (Å²) in [5, 5.41) is 0. The number of nitrogens with zero attached hydrogens (tertiary/aromatic N) is 3. The maximum Gasteiger partial charge on any atom is 0.249 e. The third-order valence-electron chi connectivity index (χ3n) is 5.28. The third kappa shape index (κ3) is 3.54. The van der Waals surface area contributed by atoms with Crippen LogP contribution in [0, 0.1) is 6.92 Å². The number of rotatable bonds is 3. The number of carbonyl (C=O) groups is 1. The van der Waals surface area contributed by atoms with Gasteiger partial charge in [0.15, 0.2) is 0 Å². The second-order valence-electron chi connectivity index (χ2n) is 7.40. The number of carbonyl (C=O) groups excluding carboxylic acids is 1. The van der Waals surface area contributed by atoms with Crippen LogP contribution in [0.4, 0.5) is 0 Å². The van der Waals surface area contributed by atoms with Crippen LogP contribution >= 0.6 is 0 Å². The summed E-state index contributed by atoms with van der Waals surface area (Å²) in [7, 11) is 0. The Bertz CT molecular complexity index is 682. The first-order chi connectivity index (χ1) is 12.1. The van der Waals surface area contributed by atoms with Crippen molar-refractivity contribution >= 4 is 5.91 Å². The van der Waals surface area contributed by atoms with Crippen molar-refractivity contribution in [1.82, 2.24) is 14.9 Å². The van der Waals surface area contributed by atoms with Crippen molar-refractivity contribution in [2.75, 3.05) is 19.7 Å². The van der Waals surface area contributed by atoms with Crippen LogP contribution in [0.25, 0.3) is 0 Å². The highest BCUT2D eigenvalue weighted by atomic mass is 16.5. The lowest BCUT2D eigenvalue weighted by atomic mass is 9.83. The summed E-state index contributed by atoms with van der Waals surface area (Å²) in [5.41, 5.74) is 1.59. The second-order valence-corrected chi connectivity index (χ2v) is 7.40. The summed E-state index contributed by atoms with van der Waals surface area (Å²) in [5.74, 6) is 0.767. The molecule has 0 aromatic carbocycles. The van der Waals surface area contributed by atoms with E-state index >= 15 is 0 Å². The zero-order valence-corrected chi connectivity index (χ0v) is 14.7. The fourth-order valence-corrected chi connectivity index (χ4v) is 4.00. The molecule has 2 saturated heterocycles. The molecule has 6 heteroatoms. The molecule has 4 rings (SSSR count). The second kappa shape index (κ2) is 6.75. The van der Waals surface area contributed by atoms with Gasteiger partial charge in [0.2, 0.25) is 11.8 Å². The standard InChI is InChI=1S/C19H25N3O3/c1-14-10-20-11-17(21-14)25-16-7-8-24-19(9-16)12-22(13-19)18(23)15-5-3-2-4-6-15/h5,10-11,16H,2-4,6-9,12-13H2,1H3/t16-/m1/s1. The fourth-order valence-electron chi connectivity index (χ4n) is 4.00. The minimum atomic E-state index is -0.245. The molecule has 1 spiro atoms. The highest BCUT2D eigenvalue weighted by molar-refractivity contribution is 5.94. The zero-order chi connectivity index (χ0) is 17.3. The molecule has 25 heavy (non-hydrogen) atoms. The molecule has 1 aromatic heterocycles. The Morgan fingerprint density at radius 3 is 3.00 bits per heavy atom. The highest BCUT2D eigenvalue weighted by Gasteiger charge is 2.50. The number of allylic oxidation sites excluding steroid dienone is 1. The summed E-state index contributed by atoms with van der Waals surface area (Å²) in [6, 6.07) is 0. The van der Waals surface area contributed by atoms with Gasteiger partial charge in [-0.1, -0.05) is 6.08 Å². The Morgan fingerprint density at radius 2 is 2.24 bits per heavy atom. The first kappa shape index (κ1) is 16.5. The Kier molecular flexibility index (Phi) is 4.46. The van der Waals surface area contributed by atoms with E-state index in [0.29, 0.717) is 25.6 Å². The van der Waals surface area contributed by atoms with Crippen LogP contribution in [0.3, 0.4) is 0 Å². The van der Waals surface area contributed by atoms with Crippen molar-refractivity contribution in [2.45, 2.75) is 57.2 Å². The smallest absolute Gasteiger partial charge is 0.249 e. The number of ether oxygens (including phenoxy) is 2. The maximum absolute atomic E-state index is 12.6. The summed E-state index contributed by atoms with van der Waals surface area (Å²) in [6.45, 7) is 3.90. The molecule has 2 fully saturated rings. The van der Waals surface area contributed by atoms with Crippen LogP contribution in [0.15, 0.2) is 24.0 Å². The fraction of sp³-hybridized carbons (Fsp3) is 0.632. The van der Waals surface area contributed by atoms with E-state index in [0.717, 1.165) is 43.4 Å². The molecule has 0 bridgehead atoms. The minimum absolute atomic E-state index is 0.0657. The van der Waals surface area contributed by atoms with E-state index in [1.54, 1.807) is 12.4 Å². The normalized spacial score (nSPS) is 25.2. The van der Waals surface area contributed by atoms with Crippen LogP contribution < -0.4 is 4.74 Å². The van der Waals surface area contributed by atoms with E-state index in [9.17, 15) is 4.79 Å². The molecule has 1 atom stereocenters. The molecule has 3 heterocycles. The van der Waals surface area contributed by atoms with Gasteiger partial charge in [0.1, 0.15) is 11.7 Å². The summed E-state index contributed by atoms with van der Waals surface area (Å²) < 4.78 is 12.0. The van der Waals surface area contributed by atoms with Gasteiger partial charge < -0.3 is 14.4 Å². The number of amides is 1. The van der Waals surface area contributed by atoms with Crippen LogP contribution in [0.2, 0.25) is 0 Å². The topological polar surface area (TPSA) is 64.6 Å². The highest BCUT2D eigenvalue weighted by Crippen LogP contribution is 2.36. The van der Waals surface area contributed by atoms with Crippen molar-refractivity contribution in [1.29, 1.82) is 0 Å². The molecule has 3 aliphatic rings. The van der Waals surface area contributed by atoms with Crippen molar-refractivity contribution in [3.05, 3.63) is 29.7 Å². The molecule has 0 N–H and O–H groups in total. The monoisotopic (exact) mass is 343 g/mol. The molecule has 1 amide bonds. The molecular weight excluding hydrogens is 318 g/mol. The van der Waals surface area contributed by atoms with E-state index < -0.39 is 0 Å². The quantitative estimate of drug-likeness (QED) is 0.843. The van der Waals surface area contributed by atoms with Crippen LogP contribution in [0.1, 0.15) is 44.2 Å². The van der Waals surface area contributed by atoms with E-state index in [1.165, 1.54) is 6.42 Å². The number of aryl methyl sites for hydroxylation is 1. The predicted octanol–water partition coefficient (Wildman–Crippen LogP) is 2.42. The minimum Gasteiger partial charge on any atom is -0.473 e. The van der Waals surface area contributed by atoms with Gasteiger partial charge in [-0.15, -0.1) is 0 Å². The molecule has 0 unspecified atom stereocenters. The number of likely N-dealkylation sites (tertiary alicyclic amines) is 1. The van der Waals surface area contributed by atoms with Crippen molar-refractivity contribution in [3.8, 4) is 5.88 Å². The molecule has 6 nitrogen and oxygen atoms in total. The van der Waals surface area contributed by atoms with Gasteiger partial charge in [-0.3, -0.25) is 9.78 Å². The molecule has 0 saturated carbocycles. The lowest BCUT2D eigenvalue weighted by Crippen LogP contribution is -2.67. The Labute approximate surface area is 148 Å². The first-order valence-corrected chi connectivity index (χ1v) is 9.21. The lowest BCUT2D eigenvalue weighted by Gasteiger charge is -2.53. The molecular formula is C19H25N3O3. The zero-order valence-electron chi connectivity index (χ0n) is 14.7. The van der Waals surface area contributed by atoms with Gasteiger partial charge in [-0.2, -0.15) is 0 Å². The lowest BCUT2D eigenvalue weighted by molar-refractivity contribution is -0.191. The van der Waals surface area contributed by atoms with E-state index in [1.807, 2.05) is 11.8 Å². The average Bonchev–Trinajstić information content (AvgIpc) is 2.60. The summed E-state index contributed by atoms with van der Waals surface area (Å²) in [6.07, 6.45) is 11.5. The van der Waals surface area contributed by atoms with E-state index in [-0.39, 0.29) is 17.6 Å². The van der Waals surface area contributed by atoms with Crippen LogP contribution in [-0.2, 0) is 9.53 Å². The van der Waals surface area contributed by atoms with Gasteiger partial charge in [0, 0.05) is 24.6 Å². The predicted molar refractivity (Wildman–Crippen MR) is 92.2 cm³/mol.